The fraction of sp³-hybridized carbons (Fsp3) is 0.273. The Balaban J connectivity index is 3.33. The normalized spacial score (nSPS) is 12.1. The lowest BCUT2D eigenvalue weighted by Crippen LogP contribution is -2.06. The predicted octanol–water partition coefficient (Wildman–Crippen LogP) is 3.34. The lowest BCUT2D eigenvalue weighted by atomic mass is 10.1. The van der Waals surface area contributed by atoms with Gasteiger partial charge in [0.15, 0.2) is 0 Å². The summed E-state index contributed by atoms with van der Waals surface area (Å²) in [4.78, 5) is 0. The third-order valence-corrected chi connectivity index (χ3v) is 2.32. The Morgan fingerprint density at radius 1 is 1.41 bits per heavy atom. The molecule has 94 valence electrons. The molecule has 1 aromatic rings. The van der Waals surface area contributed by atoms with Crippen molar-refractivity contribution >= 4 is 17.7 Å². The summed E-state index contributed by atoms with van der Waals surface area (Å²) in [6, 6.07) is 1.80. The quantitative estimate of drug-likeness (QED) is 0.910. The summed E-state index contributed by atoms with van der Waals surface area (Å²) in [5.41, 5.74) is 4.68. The number of hydrogen-bond donors (Lipinski definition) is 1. The Kier molecular flexibility index (Phi) is 4.42. The molecule has 17 heavy (non-hydrogen) atoms. The van der Waals surface area contributed by atoms with Gasteiger partial charge in [-0.05, 0) is 12.1 Å². The van der Waals surface area contributed by atoms with Gasteiger partial charge in [-0.25, -0.2) is 0 Å². The van der Waals surface area contributed by atoms with E-state index in [4.69, 9.17) is 22.1 Å². The van der Waals surface area contributed by atoms with Gasteiger partial charge in [0.05, 0.1) is 17.7 Å². The van der Waals surface area contributed by atoms with E-state index in [-0.39, 0.29) is 22.9 Å². The van der Waals surface area contributed by atoms with Gasteiger partial charge >= 0.3 is 6.18 Å². The van der Waals surface area contributed by atoms with Gasteiger partial charge < -0.3 is 10.5 Å². The van der Waals surface area contributed by atoms with Crippen LogP contribution in [-0.4, -0.2) is 13.7 Å². The third kappa shape index (κ3) is 3.38. The molecule has 0 bridgehead atoms. The van der Waals surface area contributed by atoms with E-state index in [1.807, 2.05) is 0 Å². The van der Waals surface area contributed by atoms with Crippen molar-refractivity contribution in [3.63, 3.8) is 0 Å². The molecule has 0 atom stereocenters. The molecule has 0 unspecified atom stereocenters. The van der Waals surface area contributed by atoms with Gasteiger partial charge in [0, 0.05) is 12.1 Å². The smallest absolute Gasteiger partial charge is 0.416 e. The first kappa shape index (κ1) is 13.9. The minimum Gasteiger partial charge on any atom is -0.495 e. The van der Waals surface area contributed by atoms with Crippen molar-refractivity contribution in [2.45, 2.75) is 6.18 Å². The van der Waals surface area contributed by atoms with Gasteiger partial charge in [-0.15, -0.1) is 0 Å². The van der Waals surface area contributed by atoms with E-state index < -0.39 is 11.7 Å². The molecule has 0 aromatic heterocycles. The number of alkyl halides is 3. The Hall–Kier alpha value is -1.20. The van der Waals surface area contributed by atoms with Gasteiger partial charge in [0.1, 0.15) is 5.75 Å². The highest BCUT2D eigenvalue weighted by Crippen LogP contribution is 2.37. The molecule has 0 radical (unpaired) electrons. The van der Waals surface area contributed by atoms with Crippen LogP contribution in [0.4, 0.5) is 13.2 Å². The second kappa shape index (κ2) is 5.42. The Morgan fingerprint density at radius 3 is 2.53 bits per heavy atom. The number of nitrogens with two attached hydrogens (primary N) is 1. The molecule has 6 heteroatoms. The average molecular weight is 266 g/mol. The summed E-state index contributed by atoms with van der Waals surface area (Å²) in [6.45, 7) is 0.219. The van der Waals surface area contributed by atoms with Crippen molar-refractivity contribution in [3.8, 4) is 5.75 Å². The number of rotatable bonds is 3. The second-order valence-corrected chi connectivity index (χ2v) is 3.62. The van der Waals surface area contributed by atoms with E-state index in [0.29, 0.717) is 0 Å². The summed E-state index contributed by atoms with van der Waals surface area (Å²) < 4.78 is 42.6. The van der Waals surface area contributed by atoms with Crippen LogP contribution in [0, 0.1) is 0 Å². The SMILES string of the molecule is COc1c(Cl)cc(C(F)(F)F)cc1/C=C/CN. The van der Waals surface area contributed by atoms with Crippen LogP contribution < -0.4 is 10.5 Å². The average Bonchev–Trinajstić information content (AvgIpc) is 2.24. The number of ether oxygens (including phenoxy) is 1. The highest BCUT2D eigenvalue weighted by atomic mass is 35.5. The van der Waals surface area contributed by atoms with Crippen LogP contribution in [0.15, 0.2) is 18.2 Å². The second-order valence-electron chi connectivity index (χ2n) is 3.22. The van der Waals surface area contributed by atoms with E-state index in [2.05, 4.69) is 0 Å². The molecular weight excluding hydrogens is 255 g/mol. The van der Waals surface area contributed by atoms with E-state index in [1.165, 1.54) is 19.3 Å². The zero-order chi connectivity index (χ0) is 13.1. The minimum absolute atomic E-state index is 0.0843. The van der Waals surface area contributed by atoms with E-state index in [1.54, 1.807) is 0 Å². The molecule has 0 aliphatic heterocycles. The Morgan fingerprint density at radius 2 is 2.06 bits per heavy atom. The molecule has 0 amide bonds. The molecule has 2 nitrogen and oxygen atoms in total. The zero-order valence-electron chi connectivity index (χ0n) is 9.01. The molecule has 0 aliphatic carbocycles. The maximum atomic E-state index is 12.6. The van der Waals surface area contributed by atoms with Gasteiger partial charge in [0.25, 0.3) is 0 Å². The fourth-order valence-electron chi connectivity index (χ4n) is 1.31. The van der Waals surface area contributed by atoms with Gasteiger partial charge in [-0.1, -0.05) is 23.8 Å². The van der Waals surface area contributed by atoms with Gasteiger partial charge in [0.2, 0.25) is 0 Å². The van der Waals surface area contributed by atoms with Gasteiger partial charge in [-0.3, -0.25) is 0 Å². The maximum Gasteiger partial charge on any atom is 0.416 e. The lowest BCUT2D eigenvalue weighted by molar-refractivity contribution is -0.137. The van der Waals surface area contributed by atoms with E-state index in [9.17, 15) is 13.2 Å². The number of halogens is 4. The van der Waals surface area contributed by atoms with Crippen LogP contribution in [0.5, 0.6) is 5.75 Å². The predicted molar refractivity (Wildman–Crippen MR) is 61.1 cm³/mol. The highest BCUT2D eigenvalue weighted by Gasteiger charge is 2.32. The lowest BCUT2D eigenvalue weighted by Gasteiger charge is -2.12. The summed E-state index contributed by atoms with van der Waals surface area (Å²) in [7, 11) is 1.34. The van der Waals surface area contributed by atoms with Crippen LogP contribution in [-0.2, 0) is 6.18 Å². The zero-order valence-corrected chi connectivity index (χ0v) is 9.77. The molecule has 0 fully saturated rings. The molecular formula is C11H11ClF3NO. The fourth-order valence-corrected chi connectivity index (χ4v) is 1.62. The van der Waals surface area contributed by atoms with Crippen molar-refractivity contribution in [1.29, 1.82) is 0 Å². The number of hydrogen-bond acceptors (Lipinski definition) is 2. The molecule has 2 N–H and O–H groups in total. The number of benzene rings is 1. The Bertz CT molecular complexity index is 429. The van der Waals surface area contributed by atoms with Crippen LogP contribution in [0.3, 0.4) is 0 Å². The molecule has 0 spiro atoms. The standard InChI is InChI=1S/C11H11ClF3NO/c1-17-10-7(3-2-4-16)5-8(6-9(10)12)11(13,14)15/h2-3,5-6H,4,16H2,1H3/b3-2+. The maximum absolute atomic E-state index is 12.6. The van der Waals surface area contributed by atoms with Crippen LogP contribution in [0.25, 0.3) is 6.08 Å². The largest absolute Gasteiger partial charge is 0.495 e. The van der Waals surface area contributed by atoms with Crippen molar-refractivity contribution in [2.24, 2.45) is 5.73 Å². The summed E-state index contributed by atoms with van der Waals surface area (Å²) in [5, 5.41) is -0.0843. The van der Waals surface area contributed by atoms with Crippen LogP contribution >= 0.6 is 11.6 Å². The summed E-state index contributed by atoms with van der Waals surface area (Å²) >= 11 is 5.73. The molecule has 1 rings (SSSR count). The van der Waals surface area contributed by atoms with Crippen molar-refractivity contribution < 1.29 is 17.9 Å². The van der Waals surface area contributed by atoms with E-state index >= 15 is 0 Å². The molecule has 0 aliphatic rings. The van der Waals surface area contributed by atoms with Gasteiger partial charge in [-0.2, -0.15) is 13.2 Å². The molecule has 0 heterocycles. The number of methoxy groups -OCH3 is 1. The van der Waals surface area contributed by atoms with E-state index in [0.717, 1.165) is 12.1 Å². The van der Waals surface area contributed by atoms with Crippen LogP contribution in [0.1, 0.15) is 11.1 Å². The Labute approximate surface area is 102 Å². The summed E-state index contributed by atoms with van der Waals surface area (Å²) in [5.74, 6) is 0.198. The first-order chi connectivity index (χ1) is 7.90. The monoisotopic (exact) mass is 265 g/mol. The van der Waals surface area contributed by atoms with Crippen molar-refractivity contribution in [1.82, 2.24) is 0 Å². The highest BCUT2D eigenvalue weighted by molar-refractivity contribution is 6.32. The molecule has 0 saturated carbocycles. The first-order valence-corrected chi connectivity index (χ1v) is 5.09. The van der Waals surface area contributed by atoms with Crippen molar-refractivity contribution in [3.05, 3.63) is 34.4 Å². The molecule has 0 saturated heterocycles. The molecule has 1 aromatic carbocycles. The third-order valence-electron chi connectivity index (χ3n) is 2.04. The van der Waals surface area contributed by atoms with Crippen LogP contribution in [0.2, 0.25) is 5.02 Å². The van der Waals surface area contributed by atoms with Crippen molar-refractivity contribution in [2.75, 3.05) is 13.7 Å². The minimum atomic E-state index is -4.44. The summed E-state index contributed by atoms with van der Waals surface area (Å²) in [6.07, 6.45) is -1.48. The topological polar surface area (TPSA) is 35.2 Å². The first-order valence-electron chi connectivity index (χ1n) is 4.71.